The van der Waals surface area contributed by atoms with Gasteiger partial charge in [0.2, 0.25) is 0 Å². The first kappa shape index (κ1) is 37.1. The van der Waals surface area contributed by atoms with Crippen LogP contribution in [-0.2, 0) is 25.7 Å². The zero-order valence-corrected chi connectivity index (χ0v) is 32.5. The molecule has 262 valence electrons. The van der Waals surface area contributed by atoms with E-state index in [9.17, 15) is 0 Å². The number of nitrogens with two attached hydrogens (primary N) is 1. The molecular weight excluding hydrogens is 717 g/mol. The van der Waals surface area contributed by atoms with Crippen LogP contribution in [0.15, 0.2) is 66.5 Å². The van der Waals surface area contributed by atoms with E-state index in [1.54, 1.807) is 0 Å². The molecule has 0 saturated carbocycles. The molecule has 49 heavy (non-hydrogen) atoms. The molecule has 7 nitrogen and oxygen atoms in total. The van der Waals surface area contributed by atoms with Crippen LogP contribution in [0.1, 0.15) is 76.3 Å². The molecule has 1 atom stereocenters. The lowest BCUT2D eigenvalue weighted by atomic mass is 9.97. The van der Waals surface area contributed by atoms with Gasteiger partial charge in [-0.15, -0.1) is 0 Å². The number of nitrogens with one attached hydrogen (secondary N) is 1. The van der Waals surface area contributed by atoms with Gasteiger partial charge in [-0.2, -0.15) is 0 Å². The Morgan fingerprint density at radius 2 is 1.80 bits per heavy atom. The summed E-state index contributed by atoms with van der Waals surface area (Å²) in [4.78, 5) is 19.8. The van der Waals surface area contributed by atoms with Crippen LogP contribution in [0.3, 0.4) is 0 Å². The van der Waals surface area contributed by atoms with Gasteiger partial charge in [0.25, 0.3) is 0 Å². The number of hydrogen-bond donors (Lipinski definition) is 2. The number of fused-ring (bicyclic) bond motifs is 1. The average Bonchev–Trinajstić information content (AvgIpc) is 3.13. The molecule has 0 radical (unpaired) electrons. The molecule has 2 aromatic carbocycles. The summed E-state index contributed by atoms with van der Waals surface area (Å²) in [5.74, 6) is 1.62. The fraction of sp³-hybridized carbons (Fsp3) is 0.463. The van der Waals surface area contributed by atoms with Gasteiger partial charge in [0.1, 0.15) is 11.3 Å². The third kappa shape index (κ3) is 10.2. The van der Waals surface area contributed by atoms with E-state index < -0.39 is 20.7 Å². The van der Waals surface area contributed by atoms with Crippen LogP contribution < -0.4 is 16.0 Å². The van der Waals surface area contributed by atoms with Crippen molar-refractivity contribution in [2.75, 3.05) is 49.5 Å². The highest BCUT2D eigenvalue weighted by Gasteiger charge is 2.20. The zero-order chi connectivity index (χ0) is 34.6. The third-order valence-electron chi connectivity index (χ3n) is 9.73. The maximum atomic E-state index is 6.01. The lowest BCUT2D eigenvalue weighted by molar-refractivity contribution is 0.245. The predicted octanol–water partition coefficient (Wildman–Crippen LogP) is 8.47. The lowest BCUT2D eigenvalue weighted by Gasteiger charge is -2.35. The molecule has 4 aromatic rings. The first-order valence-electron chi connectivity index (χ1n) is 18.3. The van der Waals surface area contributed by atoms with Gasteiger partial charge >= 0.3 is 0 Å². The molecule has 1 aliphatic heterocycles. The number of hydrogen-bond acceptors (Lipinski definition) is 7. The summed E-state index contributed by atoms with van der Waals surface area (Å²) in [7, 11) is 0. The van der Waals surface area contributed by atoms with Crippen molar-refractivity contribution in [1.29, 1.82) is 0 Å². The van der Waals surface area contributed by atoms with Crippen molar-refractivity contribution in [1.82, 2.24) is 19.9 Å². The number of nitrogens with zero attached hydrogens (tertiary/aromatic N) is 5. The highest BCUT2D eigenvalue weighted by Crippen LogP contribution is 2.33. The molecule has 1 saturated heterocycles. The summed E-state index contributed by atoms with van der Waals surface area (Å²) < 4.78 is 3.49. The Balaban J connectivity index is 1.31. The van der Waals surface area contributed by atoms with E-state index in [2.05, 4.69) is 107 Å². The van der Waals surface area contributed by atoms with E-state index in [0.717, 1.165) is 105 Å². The second-order valence-corrected chi connectivity index (χ2v) is 15.8. The molecule has 1 aliphatic rings. The number of benzene rings is 2. The van der Waals surface area contributed by atoms with Crippen LogP contribution in [0, 0.1) is 9.49 Å². The molecule has 1 fully saturated rings. The van der Waals surface area contributed by atoms with Gasteiger partial charge < -0.3 is 16.0 Å². The Bertz CT molecular complexity index is 1710. The minimum absolute atomic E-state index is 0.464. The Morgan fingerprint density at radius 3 is 2.51 bits per heavy atom. The van der Waals surface area contributed by atoms with Crippen molar-refractivity contribution >= 4 is 53.0 Å². The quantitative estimate of drug-likeness (QED) is 0.0874. The van der Waals surface area contributed by atoms with Crippen LogP contribution in [0.4, 0.5) is 17.2 Å². The fourth-order valence-electron chi connectivity index (χ4n) is 6.54. The number of aromatic nitrogens is 3. The molecular formula is C41H56IN7. The molecule has 0 spiro atoms. The van der Waals surface area contributed by atoms with Crippen LogP contribution >= 0.6 is 20.7 Å². The van der Waals surface area contributed by atoms with Crippen LogP contribution in [0.2, 0.25) is 0 Å². The van der Waals surface area contributed by atoms with Gasteiger partial charge in [-0.25, -0.2) is 4.98 Å². The summed E-state index contributed by atoms with van der Waals surface area (Å²) in [5, 5.41) is 3.79. The fourth-order valence-corrected chi connectivity index (χ4v) is 8.58. The number of halogens is 1. The highest BCUT2D eigenvalue weighted by atomic mass is 127. The van der Waals surface area contributed by atoms with E-state index in [1.807, 2.05) is 12.4 Å². The summed E-state index contributed by atoms with van der Waals surface area (Å²) in [5.41, 5.74) is 17.0. The number of aryl methyl sites for hydroxylation is 4. The van der Waals surface area contributed by atoms with Crippen molar-refractivity contribution in [3.63, 3.8) is 0 Å². The number of anilines is 3. The second kappa shape index (κ2) is 18.7. The third-order valence-corrected chi connectivity index (χ3v) is 12.4. The van der Waals surface area contributed by atoms with Crippen LogP contribution in [0.5, 0.6) is 0 Å². The summed E-state index contributed by atoms with van der Waals surface area (Å²) >= 11 is -0.464. The standard InChI is InChI=1S/C41H56IN7/c1-6-9-30(4)31(5)19-22-48-23-25-49(26-24-48)39-29-45-38-18-17-37(40(41(38)47-39)42-20-21-43)46-36-16-14-33(34(27-36)10-7-2)13-11-32-12-15-35(8-3)44-28-32/h9,12,14-18,20,27-29,31,46H,6-8,10-11,13,19,21-26,43H2,1-5H3/b30-9+. The number of allylic oxidation sites excluding steroid dienone is 2. The van der Waals surface area contributed by atoms with E-state index in [-0.39, 0.29) is 0 Å². The first-order chi connectivity index (χ1) is 23.9. The van der Waals surface area contributed by atoms with E-state index in [4.69, 9.17) is 15.7 Å². The number of rotatable bonds is 16. The van der Waals surface area contributed by atoms with Crippen molar-refractivity contribution in [2.45, 2.75) is 79.6 Å². The van der Waals surface area contributed by atoms with Gasteiger partial charge in [0.05, 0.1) is 21.0 Å². The molecule has 3 heterocycles. The molecule has 3 N–H and O–H groups in total. The maximum Gasteiger partial charge on any atom is 0.147 e. The van der Waals surface area contributed by atoms with Crippen molar-refractivity contribution in [2.24, 2.45) is 11.7 Å². The van der Waals surface area contributed by atoms with Gasteiger partial charge in [-0.1, -0.05) is 78.6 Å². The SMILES string of the molecule is CC/C=C(\C)C(C)CCN1CCN(c2cnc3ccc(Nc4ccc(CCc5ccc(CC)nc5)c(CCC)c4)c(I=CCN)c3n2)CC1. The summed E-state index contributed by atoms with van der Waals surface area (Å²) in [6.45, 7) is 17.1. The van der Waals surface area contributed by atoms with Gasteiger partial charge in [-0.05, 0) is 109 Å². The van der Waals surface area contributed by atoms with Crippen molar-refractivity contribution < 1.29 is 0 Å². The minimum atomic E-state index is -0.464. The largest absolute Gasteiger partial charge is 0.355 e. The molecule has 0 bridgehead atoms. The van der Waals surface area contributed by atoms with E-state index >= 15 is 0 Å². The monoisotopic (exact) mass is 773 g/mol. The molecule has 2 aromatic heterocycles. The lowest BCUT2D eigenvalue weighted by Crippen LogP contribution is -2.47. The Hall–Kier alpha value is -3.21. The maximum absolute atomic E-state index is 6.01. The molecule has 5 rings (SSSR count). The number of pyridine rings is 1. The van der Waals surface area contributed by atoms with E-state index in [0.29, 0.717) is 12.5 Å². The van der Waals surface area contributed by atoms with Gasteiger partial charge in [-0.3, -0.25) is 14.9 Å². The smallest absolute Gasteiger partial charge is 0.147 e. The summed E-state index contributed by atoms with van der Waals surface area (Å²) in [6.07, 6.45) is 13.9. The average molecular weight is 774 g/mol. The minimum Gasteiger partial charge on any atom is -0.355 e. The second-order valence-electron chi connectivity index (χ2n) is 13.3. The van der Waals surface area contributed by atoms with Crippen molar-refractivity contribution in [3.8, 4) is 0 Å². The Kier molecular flexibility index (Phi) is 14.1. The van der Waals surface area contributed by atoms with E-state index in [1.165, 1.54) is 32.3 Å². The molecule has 8 heteroatoms. The summed E-state index contributed by atoms with van der Waals surface area (Å²) in [6, 6.07) is 15.6. The Morgan fingerprint density at radius 1 is 0.959 bits per heavy atom. The topological polar surface area (TPSA) is 83.2 Å². The zero-order valence-electron chi connectivity index (χ0n) is 30.3. The van der Waals surface area contributed by atoms with Gasteiger partial charge in [0, 0.05) is 50.3 Å². The van der Waals surface area contributed by atoms with Crippen LogP contribution in [0.25, 0.3) is 11.0 Å². The molecule has 1 unspecified atom stereocenters. The first-order valence-corrected chi connectivity index (χ1v) is 20.7. The van der Waals surface area contributed by atoms with Crippen molar-refractivity contribution in [3.05, 3.63) is 92.5 Å². The van der Waals surface area contributed by atoms with Gasteiger partial charge in [0.15, 0.2) is 0 Å². The molecule has 0 amide bonds. The highest BCUT2D eigenvalue weighted by molar-refractivity contribution is 14.2. The molecule has 0 aliphatic carbocycles. The number of piperazine rings is 1. The normalized spacial score (nSPS) is 15.1. The predicted molar refractivity (Wildman–Crippen MR) is 219 cm³/mol. The van der Waals surface area contributed by atoms with Crippen LogP contribution in [-0.4, -0.2) is 63.1 Å². The Labute approximate surface area is 304 Å².